The van der Waals surface area contributed by atoms with Crippen LogP contribution >= 0.6 is 0 Å². The molecule has 2 aromatic rings. The Labute approximate surface area is 104 Å². The van der Waals surface area contributed by atoms with E-state index >= 15 is 0 Å². The molecule has 0 saturated carbocycles. The highest BCUT2D eigenvalue weighted by Gasteiger charge is 2.21. The quantitative estimate of drug-likeness (QED) is 0.576. The van der Waals surface area contributed by atoms with Crippen LogP contribution in [0.3, 0.4) is 0 Å². The van der Waals surface area contributed by atoms with Crippen LogP contribution in [0.5, 0.6) is 0 Å². The summed E-state index contributed by atoms with van der Waals surface area (Å²) in [5, 5.41) is 1.37. The highest BCUT2D eigenvalue weighted by Crippen LogP contribution is 2.05. The maximum Gasteiger partial charge on any atom is 0.205 e. The molecule has 1 nitrogen and oxygen atoms in total. The van der Waals surface area contributed by atoms with Crippen LogP contribution in [-0.2, 0) is 0 Å². The van der Waals surface area contributed by atoms with Crippen molar-refractivity contribution in [2.24, 2.45) is 4.66 Å². The second kappa shape index (κ2) is 5.10. The Hall–Kier alpha value is -1.67. The molecule has 2 rings (SSSR count). The Kier molecular flexibility index (Phi) is 3.54. The predicted octanol–water partition coefficient (Wildman–Crippen LogP) is 3.22. The zero-order valence-corrected chi connectivity index (χ0v) is 11.3. The van der Waals surface area contributed by atoms with Crippen LogP contribution in [0.4, 0.5) is 0 Å². The van der Waals surface area contributed by atoms with E-state index in [9.17, 15) is 0 Å². The van der Waals surface area contributed by atoms with Gasteiger partial charge in [-0.05, 0) is 23.8 Å². The molecule has 0 unspecified atom stereocenters. The van der Waals surface area contributed by atoms with Gasteiger partial charge in [0.25, 0.3) is 0 Å². The van der Waals surface area contributed by atoms with Crippen LogP contribution in [0.2, 0.25) is 13.1 Å². The van der Waals surface area contributed by atoms with Crippen LogP contribution in [-0.4, -0.2) is 14.5 Å². The van der Waals surface area contributed by atoms with Crippen molar-refractivity contribution in [3.63, 3.8) is 0 Å². The van der Waals surface area contributed by atoms with Gasteiger partial charge in [0, 0.05) is 6.21 Å². The molecular weight excluding hydrogens is 222 g/mol. The molecule has 0 aliphatic carbocycles. The second-order valence-corrected chi connectivity index (χ2v) is 8.55. The van der Waals surface area contributed by atoms with Crippen molar-refractivity contribution in [2.45, 2.75) is 13.1 Å². The Morgan fingerprint density at radius 3 is 1.94 bits per heavy atom. The smallest absolute Gasteiger partial charge is 0.205 e. The molecule has 0 aromatic heterocycles. The van der Waals surface area contributed by atoms with E-state index in [2.05, 4.69) is 55.6 Å². The average molecular weight is 239 g/mol. The Bertz CT molecular complexity index is 489. The summed E-state index contributed by atoms with van der Waals surface area (Å²) < 4.78 is 4.81. The van der Waals surface area contributed by atoms with Crippen LogP contribution in [0.1, 0.15) is 5.56 Å². The lowest BCUT2D eigenvalue weighted by molar-refractivity contribution is 1.57. The number of benzene rings is 2. The van der Waals surface area contributed by atoms with Gasteiger partial charge in [-0.15, -0.1) is 0 Å². The molecule has 0 saturated heterocycles. The molecule has 0 aliphatic rings. The Morgan fingerprint density at radius 2 is 1.35 bits per heavy atom. The Morgan fingerprint density at radius 1 is 0.824 bits per heavy atom. The van der Waals surface area contributed by atoms with Crippen molar-refractivity contribution in [3.8, 4) is 0 Å². The fourth-order valence-corrected chi connectivity index (χ4v) is 3.32. The van der Waals surface area contributed by atoms with E-state index in [4.69, 9.17) is 4.66 Å². The van der Waals surface area contributed by atoms with Gasteiger partial charge < -0.3 is 4.66 Å². The zero-order valence-electron chi connectivity index (χ0n) is 10.3. The summed E-state index contributed by atoms with van der Waals surface area (Å²) in [6, 6.07) is 20.8. The van der Waals surface area contributed by atoms with Crippen molar-refractivity contribution in [1.82, 2.24) is 0 Å². The standard InChI is InChI=1S/C15H17NSi/c1-17(2,15-11-7-4-8-12-15)16-13-14-9-5-3-6-10-14/h3-13H,1-2H3. The molecular formula is C15H17NSi. The largest absolute Gasteiger partial charge is 0.323 e. The molecule has 0 radical (unpaired) electrons. The SMILES string of the molecule is C[Si](C)(N=Cc1ccccc1)c1ccccc1. The van der Waals surface area contributed by atoms with E-state index in [1.54, 1.807) is 0 Å². The third-order valence-corrected chi connectivity index (χ3v) is 5.34. The summed E-state index contributed by atoms with van der Waals surface area (Å²) in [5.41, 5.74) is 1.17. The fourth-order valence-electron chi connectivity index (χ4n) is 1.70. The molecule has 0 atom stereocenters. The number of rotatable bonds is 3. The van der Waals surface area contributed by atoms with Crippen LogP contribution in [0.25, 0.3) is 0 Å². The molecule has 17 heavy (non-hydrogen) atoms. The molecule has 0 amide bonds. The molecule has 86 valence electrons. The van der Waals surface area contributed by atoms with Crippen LogP contribution < -0.4 is 5.19 Å². The molecule has 2 heteroatoms. The van der Waals surface area contributed by atoms with Crippen molar-refractivity contribution >= 4 is 19.6 Å². The highest BCUT2D eigenvalue weighted by atomic mass is 28.3. The van der Waals surface area contributed by atoms with E-state index in [1.807, 2.05) is 24.4 Å². The lowest BCUT2D eigenvalue weighted by atomic mass is 10.2. The molecule has 0 bridgehead atoms. The van der Waals surface area contributed by atoms with Gasteiger partial charge in [0.15, 0.2) is 0 Å². The normalized spacial score (nSPS) is 11.9. The van der Waals surface area contributed by atoms with Gasteiger partial charge in [0.2, 0.25) is 8.24 Å². The minimum atomic E-state index is -1.69. The first-order valence-electron chi connectivity index (χ1n) is 5.84. The average Bonchev–Trinajstić information content (AvgIpc) is 2.39. The predicted molar refractivity (Wildman–Crippen MR) is 77.6 cm³/mol. The Balaban J connectivity index is 2.21. The lowest BCUT2D eigenvalue weighted by Crippen LogP contribution is -2.39. The monoisotopic (exact) mass is 239 g/mol. The number of hydrogen-bond donors (Lipinski definition) is 0. The van der Waals surface area contributed by atoms with Gasteiger partial charge in [-0.3, -0.25) is 0 Å². The summed E-state index contributed by atoms with van der Waals surface area (Å²) in [7, 11) is -1.69. The van der Waals surface area contributed by atoms with Crippen LogP contribution in [0, 0.1) is 0 Å². The number of hydrogen-bond acceptors (Lipinski definition) is 1. The first-order valence-corrected chi connectivity index (χ1v) is 8.79. The third kappa shape index (κ3) is 3.14. The second-order valence-electron chi connectivity index (χ2n) is 4.59. The van der Waals surface area contributed by atoms with Gasteiger partial charge in [0.1, 0.15) is 0 Å². The van der Waals surface area contributed by atoms with E-state index in [0.717, 1.165) is 0 Å². The maximum absolute atomic E-state index is 4.81. The summed E-state index contributed by atoms with van der Waals surface area (Å²) in [6.07, 6.45) is 2.00. The van der Waals surface area contributed by atoms with Crippen LogP contribution in [0.15, 0.2) is 65.3 Å². The minimum Gasteiger partial charge on any atom is -0.323 e. The van der Waals surface area contributed by atoms with Crippen molar-refractivity contribution < 1.29 is 0 Å². The van der Waals surface area contributed by atoms with Gasteiger partial charge in [-0.2, -0.15) is 0 Å². The van der Waals surface area contributed by atoms with Gasteiger partial charge >= 0.3 is 0 Å². The highest BCUT2D eigenvalue weighted by molar-refractivity contribution is 6.89. The van der Waals surface area contributed by atoms with Crippen molar-refractivity contribution in [3.05, 3.63) is 66.2 Å². The first kappa shape index (κ1) is 11.8. The zero-order chi connectivity index (χ0) is 12.1. The van der Waals surface area contributed by atoms with Crippen molar-refractivity contribution in [2.75, 3.05) is 0 Å². The third-order valence-electron chi connectivity index (χ3n) is 2.82. The lowest BCUT2D eigenvalue weighted by Gasteiger charge is -2.16. The molecule has 0 spiro atoms. The van der Waals surface area contributed by atoms with Gasteiger partial charge in [0.05, 0.1) is 0 Å². The van der Waals surface area contributed by atoms with Crippen molar-refractivity contribution in [1.29, 1.82) is 0 Å². The maximum atomic E-state index is 4.81. The summed E-state index contributed by atoms with van der Waals surface area (Å²) >= 11 is 0. The first-order chi connectivity index (χ1) is 8.18. The summed E-state index contributed by atoms with van der Waals surface area (Å²) in [6.45, 7) is 4.53. The fraction of sp³-hybridized carbons (Fsp3) is 0.133. The molecule has 2 aromatic carbocycles. The van der Waals surface area contributed by atoms with E-state index in [-0.39, 0.29) is 0 Å². The molecule has 0 fully saturated rings. The summed E-state index contributed by atoms with van der Waals surface area (Å²) in [5.74, 6) is 0. The van der Waals surface area contributed by atoms with E-state index in [1.165, 1.54) is 10.8 Å². The summed E-state index contributed by atoms with van der Waals surface area (Å²) in [4.78, 5) is 0. The molecule has 0 heterocycles. The molecule has 0 aliphatic heterocycles. The van der Waals surface area contributed by atoms with E-state index < -0.39 is 8.24 Å². The number of nitrogens with zero attached hydrogens (tertiary/aromatic N) is 1. The van der Waals surface area contributed by atoms with E-state index in [0.29, 0.717) is 0 Å². The minimum absolute atomic E-state index is 1.17. The topological polar surface area (TPSA) is 12.4 Å². The molecule has 0 N–H and O–H groups in total. The van der Waals surface area contributed by atoms with Gasteiger partial charge in [-0.25, -0.2) is 0 Å². The van der Waals surface area contributed by atoms with Gasteiger partial charge in [-0.1, -0.05) is 60.7 Å².